The zero-order chi connectivity index (χ0) is 21.1. The summed E-state index contributed by atoms with van der Waals surface area (Å²) in [5, 5.41) is 4.19. The van der Waals surface area contributed by atoms with Gasteiger partial charge in [0.2, 0.25) is 0 Å². The smallest absolute Gasteiger partial charge is 0.253 e. The van der Waals surface area contributed by atoms with Gasteiger partial charge < -0.3 is 15.1 Å². The number of nitrogens with zero attached hydrogens (tertiary/aromatic N) is 3. The summed E-state index contributed by atoms with van der Waals surface area (Å²) in [5.41, 5.74) is 3.83. The first-order chi connectivity index (χ1) is 14.5. The molecule has 1 amide bonds. The molecule has 1 fully saturated rings. The van der Waals surface area contributed by atoms with Crippen LogP contribution in [0.5, 0.6) is 0 Å². The van der Waals surface area contributed by atoms with Gasteiger partial charge in [-0.1, -0.05) is 42.5 Å². The number of benzene rings is 2. The zero-order valence-corrected chi connectivity index (χ0v) is 18.6. The van der Waals surface area contributed by atoms with Gasteiger partial charge in [-0.25, -0.2) is 4.98 Å². The monoisotopic (exact) mass is 420 g/mol. The summed E-state index contributed by atoms with van der Waals surface area (Å²) in [6.07, 6.45) is 0. The lowest BCUT2D eigenvalue weighted by atomic mass is 10.1. The Bertz CT molecular complexity index is 1010. The van der Waals surface area contributed by atoms with Gasteiger partial charge in [-0.05, 0) is 33.0 Å². The molecule has 0 saturated carbocycles. The van der Waals surface area contributed by atoms with E-state index < -0.39 is 0 Å². The third-order valence-electron chi connectivity index (χ3n) is 5.59. The quantitative estimate of drug-likeness (QED) is 0.666. The van der Waals surface area contributed by atoms with Gasteiger partial charge in [-0.3, -0.25) is 4.79 Å². The molecule has 1 aromatic heterocycles. The average molecular weight is 421 g/mol. The summed E-state index contributed by atoms with van der Waals surface area (Å²) < 4.78 is 0. The van der Waals surface area contributed by atoms with E-state index in [1.165, 1.54) is 0 Å². The zero-order valence-electron chi connectivity index (χ0n) is 17.8. The first-order valence-electron chi connectivity index (χ1n) is 10.4. The molecule has 0 radical (unpaired) electrons. The van der Waals surface area contributed by atoms with Crippen LogP contribution in [0.3, 0.4) is 0 Å². The second kappa shape index (κ2) is 8.98. The third-order valence-corrected chi connectivity index (χ3v) is 6.98. The van der Waals surface area contributed by atoms with Crippen molar-refractivity contribution >= 4 is 22.9 Å². The van der Waals surface area contributed by atoms with Crippen molar-refractivity contribution in [1.29, 1.82) is 0 Å². The van der Waals surface area contributed by atoms with E-state index in [1.807, 2.05) is 50.2 Å². The van der Waals surface area contributed by atoms with E-state index in [2.05, 4.69) is 40.4 Å². The molecule has 2 heterocycles. The van der Waals surface area contributed by atoms with Gasteiger partial charge in [0.25, 0.3) is 5.91 Å². The standard InChI is InChI=1S/C24H28N4OS/c1-17(22-18(2)26-24(30-22)19-9-5-4-6-10-19)25-23(29)20-11-7-8-12-21(20)28-15-13-27(3)14-16-28/h4-12,17H,13-16H2,1-3H3,(H,25,29). The number of anilines is 1. The van der Waals surface area contributed by atoms with Crippen LogP contribution in [0.25, 0.3) is 10.6 Å². The molecule has 30 heavy (non-hydrogen) atoms. The number of carbonyl (C=O) groups is 1. The molecule has 3 aromatic rings. The molecule has 1 aliphatic rings. The SMILES string of the molecule is Cc1nc(-c2ccccc2)sc1C(C)NC(=O)c1ccccc1N1CCN(C)CC1. The molecule has 1 N–H and O–H groups in total. The fourth-order valence-electron chi connectivity index (χ4n) is 3.84. The van der Waals surface area contributed by atoms with Gasteiger partial charge in [0.1, 0.15) is 5.01 Å². The lowest BCUT2D eigenvalue weighted by Gasteiger charge is -2.35. The van der Waals surface area contributed by atoms with E-state index in [0.29, 0.717) is 0 Å². The predicted molar refractivity (Wildman–Crippen MR) is 124 cm³/mol. The summed E-state index contributed by atoms with van der Waals surface area (Å²) in [4.78, 5) is 23.6. The normalized spacial score (nSPS) is 15.8. The first-order valence-corrected chi connectivity index (χ1v) is 11.2. The van der Waals surface area contributed by atoms with Crippen LogP contribution < -0.4 is 10.2 Å². The number of aromatic nitrogens is 1. The highest BCUT2D eigenvalue weighted by molar-refractivity contribution is 7.15. The molecule has 1 unspecified atom stereocenters. The second-order valence-electron chi connectivity index (χ2n) is 7.84. The topological polar surface area (TPSA) is 48.5 Å². The molecule has 5 nitrogen and oxygen atoms in total. The number of hydrogen-bond donors (Lipinski definition) is 1. The summed E-state index contributed by atoms with van der Waals surface area (Å²) in [5.74, 6) is -0.0360. The molecule has 0 bridgehead atoms. The summed E-state index contributed by atoms with van der Waals surface area (Å²) in [6, 6.07) is 18.0. The van der Waals surface area contributed by atoms with E-state index in [4.69, 9.17) is 4.98 Å². The Kier molecular flexibility index (Phi) is 6.16. The van der Waals surface area contributed by atoms with Crippen LogP contribution in [-0.2, 0) is 0 Å². The van der Waals surface area contributed by atoms with Crippen molar-refractivity contribution in [2.45, 2.75) is 19.9 Å². The Balaban J connectivity index is 1.52. The summed E-state index contributed by atoms with van der Waals surface area (Å²) >= 11 is 1.65. The summed E-state index contributed by atoms with van der Waals surface area (Å²) in [6.45, 7) is 7.93. The van der Waals surface area contributed by atoms with E-state index in [1.54, 1.807) is 11.3 Å². The van der Waals surface area contributed by atoms with Gasteiger partial charge >= 0.3 is 0 Å². The van der Waals surface area contributed by atoms with Gasteiger partial charge in [0.05, 0.1) is 22.2 Å². The van der Waals surface area contributed by atoms with Crippen LogP contribution >= 0.6 is 11.3 Å². The molecule has 6 heteroatoms. The molecule has 4 rings (SSSR count). The maximum Gasteiger partial charge on any atom is 0.253 e. The number of amides is 1. The van der Waals surface area contributed by atoms with Gasteiger partial charge in [0, 0.05) is 37.4 Å². The third kappa shape index (κ3) is 4.40. The maximum absolute atomic E-state index is 13.2. The molecule has 2 aromatic carbocycles. The molecular formula is C24H28N4OS. The molecule has 1 atom stereocenters. The number of piperazine rings is 1. The van der Waals surface area contributed by atoms with E-state index in [9.17, 15) is 4.79 Å². The van der Waals surface area contributed by atoms with Crippen molar-refractivity contribution in [3.8, 4) is 10.6 Å². The Morgan fingerprint density at radius 2 is 1.70 bits per heavy atom. The number of aryl methyl sites for hydroxylation is 1. The van der Waals surface area contributed by atoms with Crippen LogP contribution in [0.15, 0.2) is 54.6 Å². The van der Waals surface area contributed by atoms with Crippen LogP contribution in [0.4, 0.5) is 5.69 Å². The Morgan fingerprint density at radius 1 is 1.03 bits per heavy atom. The van der Waals surface area contributed by atoms with Crippen molar-refractivity contribution in [1.82, 2.24) is 15.2 Å². The molecule has 0 aliphatic carbocycles. The van der Waals surface area contributed by atoms with Crippen LogP contribution in [0.2, 0.25) is 0 Å². The minimum absolute atomic E-state index is 0.0360. The predicted octanol–water partition coefficient (Wildman–Crippen LogP) is 4.36. The van der Waals surface area contributed by atoms with Gasteiger partial charge in [-0.2, -0.15) is 0 Å². The molecule has 1 aliphatic heterocycles. The van der Waals surface area contributed by atoms with Crippen LogP contribution in [0, 0.1) is 6.92 Å². The second-order valence-corrected chi connectivity index (χ2v) is 8.87. The molecule has 0 spiro atoms. The van der Waals surface area contributed by atoms with Crippen molar-refractivity contribution in [2.75, 3.05) is 38.1 Å². The number of carbonyl (C=O) groups excluding carboxylic acids is 1. The Morgan fingerprint density at radius 3 is 2.43 bits per heavy atom. The number of likely N-dealkylation sites (N-methyl/N-ethyl adjacent to an activating group) is 1. The number of para-hydroxylation sites is 1. The molecular weight excluding hydrogens is 392 g/mol. The number of rotatable bonds is 5. The molecule has 156 valence electrons. The van der Waals surface area contributed by atoms with E-state index in [0.717, 1.165) is 58.6 Å². The minimum Gasteiger partial charge on any atom is -0.368 e. The lowest BCUT2D eigenvalue weighted by Crippen LogP contribution is -2.45. The highest BCUT2D eigenvalue weighted by atomic mass is 32.1. The number of thiazole rings is 1. The van der Waals surface area contributed by atoms with Crippen molar-refractivity contribution in [3.63, 3.8) is 0 Å². The summed E-state index contributed by atoms with van der Waals surface area (Å²) in [7, 11) is 2.14. The fourth-order valence-corrected chi connectivity index (χ4v) is 4.92. The fraction of sp³-hybridized carbons (Fsp3) is 0.333. The number of nitrogens with one attached hydrogen (secondary N) is 1. The lowest BCUT2D eigenvalue weighted by molar-refractivity contribution is 0.0940. The Labute approximate surface area is 182 Å². The van der Waals surface area contributed by atoms with E-state index >= 15 is 0 Å². The van der Waals surface area contributed by atoms with E-state index in [-0.39, 0.29) is 11.9 Å². The van der Waals surface area contributed by atoms with Crippen molar-refractivity contribution in [2.24, 2.45) is 0 Å². The maximum atomic E-state index is 13.2. The average Bonchev–Trinajstić information content (AvgIpc) is 3.17. The van der Waals surface area contributed by atoms with Gasteiger partial charge in [0.15, 0.2) is 0 Å². The highest BCUT2D eigenvalue weighted by Gasteiger charge is 2.22. The van der Waals surface area contributed by atoms with Crippen LogP contribution in [0.1, 0.15) is 33.9 Å². The van der Waals surface area contributed by atoms with Crippen molar-refractivity contribution in [3.05, 3.63) is 70.7 Å². The largest absolute Gasteiger partial charge is 0.368 e. The van der Waals surface area contributed by atoms with Gasteiger partial charge in [-0.15, -0.1) is 11.3 Å². The van der Waals surface area contributed by atoms with Crippen LogP contribution in [-0.4, -0.2) is 49.0 Å². The number of hydrogen-bond acceptors (Lipinski definition) is 5. The van der Waals surface area contributed by atoms with Crippen molar-refractivity contribution < 1.29 is 4.79 Å². The first kappa shape index (κ1) is 20.6. The highest BCUT2D eigenvalue weighted by Crippen LogP contribution is 2.32. The Hall–Kier alpha value is -2.70. The molecule has 1 saturated heterocycles. The minimum atomic E-state index is -0.104.